The number of aromatic carboxylic acids is 1. The van der Waals surface area contributed by atoms with Crippen molar-refractivity contribution >= 4 is 16.0 Å². The molecule has 3 rings (SSSR count). The van der Waals surface area contributed by atoms with Crippen molar-refractivity contribution in [3.63, 3.8) is 0 Å². The molecule has 8 nitrogen and oxygen atoms in total. The van der Waals surface area contributed by atoms with Gasteiger partial charge in [0.25, 0.3) is 10.0 Å². The summed E-state index contributed by atoms with van der Waals surface area (Å²) in [6.07, 6.45) is 3.40. The van der Waals surface area contributed by atoms with Gasteiger partial charge in [-0.15, -0.1) is 0 Å². The molecule has 0 unspecified atom stereocenters. The Hall–Kier alpha value is -2.13. The first-order valence-corrected chi connectivity index (χ1v) is 7.26. The lowest BCUT2D eigenvalue weighted by atomic mass is 10.4. The molecular formula is C11H11N3O5S. The number of hydrogen-bond donors (Lipinski definition) is 1. The van der Waals surface area contributed by atoms with Crippen molar-refractivity contribution in [3.8, 4) is 0 Å². The van der Waals surface area contributed by atoms with Crippen molar-refractivity contribution < 1.29 is 22.7 Å². The number of imidazole rings is 1. The van der Waals surface area contributed by atoms with Gasteiger partial charge in [0.05, 0.1) is 6.54 Å². The standard InChI is InChI=1S/C11H11N3O5S/c15-11(16)8-1-2-10(19-8)20(17,18)14-6-5-13-4-3-12-9(13)7-14/h1-4H,5-7H2,(H,15,16). The van der Waals surface area contributed by atoms with Gasteiger partial charge in [-0.05, 0) is 12.1 Å². The zero-order valence-electron chi connectivity index (χ0n) is 10.3. The minimum Gasteiger partial charge on any atom is -0.475 e. The molecule has 20 heavy (non-hydrogen) atoms. The van der Waals surface area contributed by atoms with E-state index in [-0.39, 0.29) is 18.2 Å². The Morgan fingerprint density at radius 1 is 1.35 bits per heavy atom. The monoisotopic (exact) mass is 297 g/mol. The van der Waals surface area contributed by atoms with E-state index in [2.05, 4.69) is 4.98 Å². The van der Waals surface area contributed by atoms with Crippen molar-refractivity contribution in [1.29, 1.82) is 0 Å². The summed E-state index contributed by atoms with van der Waals surface area (Å²) in [6.45, 7) is 0.925. The highest BCUT2D eigenvalue weighted by molar-refractivity contribution is 7.89. The van der Waals surface area contributed by atoms with E-state index in [0.29, 0.717) is 12.4 Å². The molecule has 0 aliphatic carbocycles. The van der Waals surface area contributed by atoms with E-state index < -0.39 is 21.8 Å². The highest BCUT2D eigenvalue weighted by Crippen LogP contribution is 2.22. The maximum atomic E-state index is 12.4. The SMILES string of the molecule is O=C(O)c1ccc(S(=O)(=O)N2CCn3ccnc3C2)o1. The number of furan rings is 1. The summed E-state index contributed by atoms with van der Waals surface area (Å²) in [5.41, 5.74) is 0. The quantitative estimate of drug-likeness (QED) is 0.878. The summed E-state index contributed by atoms with van der Waals surface area (Å²) in [5.74, 6) is -1.06. The van der Waals surface area contributed by atoms with Crippen LogP contribution in [0.1, 0.15) is 16.4 Å². The fraction of sp³-hybridized carbons (Fsp3) is 0.273. The van der Waals surface area contributed by atoms with Crippen LogP contribution in [0.2, 0.25) is 0 Å². The van der Waals surface area contributed by atoms with Gasteiger partial charge in [0, 0.05) is 25.5 Å². The number of hydrogen-bond acceptors (Lipinski definition) is 5. The molecule has 2 aromatic heterocycles. The summed E-state index contributed by atoms with van der Waals surface area (Å²) < 4.78 is 32.7. The smallest absolute Gasteiger partial charge is 0.371 e. The summed E-state index contributed by atoms with van der Waals surface area (Å²) in [7, 11) is -3.85. The van der Waals surface area contributed by atoms with Gasteiger partial charge in [0.2, 0.25) is 10.9 Å². The van der Waals surface area contributed by atoms with Gasteiger partial charge in [0.1, 0.15) is 5.82 Å². The molecule has 0 saturated heterocycles. The molecule has 0 amide bonds. The van der Waals surface area contributed by atoms with Crippen molar-refractivity contribution in [3.05, 3.63) is 36.1 Å². The lowest BCUT2D eigenvalue weighted by Gasteiger charge is -2.25. The molecule has 9 heteroatoms. The number of carboxylic acid groups (broad SMARTS) is 1. The van der Waals surface area contributed by atoms with Crippen LogP contribution in [-0.2, 0) is 23.1 Å². The third-order valence-electron chi connectivity index (χ3n) is 3.10. The van der Waals surface area contributed by atoms with E-state index in [0.717, 1.165) is 12.1 Å². The summed E-state index contributed by atoms with van der Waals surface area (Å²) in [4.78, 5) is 14.8. The molecule has 106 valence electrons. The number of sulfonamides is 1. The average Bonchev–Trinajstić information content (AvgIpc) is 3.07. The molecule has 0 spiro atoms. The Morgan fingerprint density at radius 3 is 2.85 bits per heavy atom. The third-order valence-corrected chi connectivity index (χ3v) is 4.82. The molecule has 0 aromatic carbocycles. The molecule has 0 bridgehead atoms. The molecule has 0 saturated carbocycles. The van der Waals surface area contributed by atoms with Crippen molar-refractivity contribution in [2.24, 2.45) is 0 Å². The van der Waals surface area contributed by atoms with E-state index in [1.807, 2.05) is 4.57 Å². The highest BCUT2D eigenvalue weighted by atomic mass is 32.2. The second-order valence-electron chi connectivity index (χ2n) is 4.30. The van der Waals surface area contributed by atoms with Gasteiger partial charge in [-0.3, -0.25) is 0 Å². The lowest BCUT2D eigenvalue weighted by molar-refractivity contribution is 0.0656. The Morgan fingerprint density at radius 2 is 2.15 bits per heavy atom. The Balaban J connectivity index is 1.90. The first-order chi connectivity index (χ1) is 9.48. The first-order valence-electron chi connectivity index (χ1n) is 5.82. The van der Waals surface area contributed by atoms with E-state index in [9.17, 15) is 13.2 Å². The zero-order chi connectivity index (χ0) is 14.3. The molecule has 3 heterocycles. The highest BCUT2D eigenvalue weighted by Gasteiger charge is 2.31. The van der Waals surface area contributed by atoms with Gasteiger partial charge >= 0.3 is 5.97 Å². The summed E-state index contributed by atoms with van der Waals surface area (Å²) >= 11 is 0. The molecule has 1 aliphatic rings. The Bertz CT molecular complexity index is 761. The largest absolute Gasteiger partial charge is 0.475 e. The minimum atomic E-state index is -3.85. The number of carboxylic acids is 1. The maximum absolute atomic E-state index is 12.4. The van der Waals surface area contributed by atoms with Gasteiger partial charge < -0.3 is 14.1 Å². The van der Waals surface area contributed by atoms with Gasteiger partial charge in [-0.25, -0.2) is 18.2 Å². The Kier molecular flexibility index (Phi) is 2.87. The van der Waals surface area contributed by atoms with Gasteiger partial charge in [-0.1, -0.05) is 0 Å². The van der Waals surface area contributed by atoms with Crippen LogP contribution in [0.3, 0.4) is 0 Å². The van der Waals surface area contributed by atoms with Crippen molar-refractivity contribution in [2.45, 2.75) is 18.2 Å². The van der Waals surface area contributed by atoms with Crippen LogP contribution in [0.4, 0.5) is 0 Å². The molecule has 0 radical (unpaired) electrons. The van der Waals surface area contributed by atoms with Crippen LogP contribution in [0.5, 0.6) is 0 Å². The van der Waals surface area contributed by atoms with Gasteiger partial charge in [-0.2, -0.15) is 4.31 Å². The predicted molar refractivity (Wildman–Crippen MR) is 65.5 cm³/mol. The lowest BCUT2D eigenvalue weighted by Crippen LogP contribution is -2.38. The first kappa shape index (κ1) is 12.9. The van der Waals surface area contributed by atoms with Crippen LogP contribution in [0, 0.1) is 0 Å². The molecule has 1 aliphatic heterocycles. The van der Waals surface area contributed by atoms with E-state index in [4.69, 9.17) is 9.52 Å². The Labute approximate surface area is 114 Å². The van der Waals surface area contributed by atoms with Crippen molar-refractivity contribution in [1.82, 2.24) is 13.9 Å². The fourth-order valence-corrected chi connectivity index (χ4v) is 3.35. The zero-order valence-corrected chi connectivity index (χ0v) is 11.1. The van der Waals surface area contributed by atoms with Crippen molar-refractivity contribution in [2.75, 3.05) is 6.54 Å². The van der Waals surface area contributed by atoms with Crippen LogP contribution in [-0.4, -0.2) is 39.9 Å². The normalized spacial score (nSPS) is 16.0. The topological polar surface area (TPSA) is 106 Å². The predicted octanol–water partition coefficient (Wildman–Crippen LogP) is 0.379. The fourth-order valence-electron chi connectivity index (χ4n) is 2.06. The maximum Gasteiger partial charge on any atom is 0.371 e. The average molecular weight is 297 g/mol. The summed E-state index contributed by atoms with van der Waals surface area (Å²) in [6, 6.07) is 2.28. The number of aromatic nitrogens is 2. The second-order valence-corrected chi connectivity index (χ2v) is 6.17. The number of nitrogens with zero attached hydrogens (tertiary/aromatic N) is 3. The molecule has 2 aromatic rings. The van der Waals surface area contributed by atoms with E-state index in [1.54, 1.807) is 12.4 Å². The molecule has 0 atom stereocenters. The number of fused-ring (bicyclic) bond motifs is 1. The molecule has 0 fully saturated rings. The molecule has 1 N–H and O–H groups in total. The number of carbonyl (C=O) groups is 1. The van der Waals surface area contributed by atoms with Crippen LogP contribution < -0.4 is 0 Å². The van der Waals surface area contributed by atoms with Gasteiger partial charge in [0.15, 0.2) is 0 Å². The van der Waals surface area contributed by atoms with Crippen LogP contribution in [0.25, 0.3) is 0 Å². The second kappa shape index (κ2) is 4.46. The van der Waals surface area contributed by atoms with Crippen LogP contribution in [0.15, 0.2) is 34.0 Å². The van der Waals surface area contributed by atoms with Crippen LogP contribution >= 0.6 is 0 Å². The third kappa shape index (κ3) is 2.00. The summed E-state index contributed by atoms with van der Waals surface area (Å²) in [5, 5.41) is 8.40. The van der Waals surface area contributed by atoms with E-state index >= 15 is 0 Å². The minimum absolute atomic E-state index is 0.137. The van der Waals surface area contributed by atoms with E-state index in [1.165, 1.54) is 4.31 Å². The molecular weight excluding hydrogens is 286 g/mol. The number of rotatable bonds is 3.